The quantitative estimate of drug-likeness (QED) is 0.831. The number of hydrogen-bond donors (Lipinski definition) is 1. The summed E-state index contributed by atoms with van der Waals surface area (Å²) >= 11 is 0. The van der Waals surface area contributed by atoms with Gasteiger partial charge in [0.15, 0.2) is 15.5 Å². The van der Waals surface area contributed by atoms with Gasteiger partial charge in [-0.15, -0.1) is 0 Å². The number of benzene rings is 1. The van der Waals surface area contributed by atoms with Crippen LogP contribution in [-0.4, -0.2) is 37.7 Å². The van der Waals surface area contributed by atoms with E-state index >= 15 is 0 Å². The van der Waals surface area contributed by atoms with Crippen LogP contribution in [0.25, 0.3) is 0 Å². The molecule has 128 valence electrons. The van der Waals surface area contributed by atoms with E-state index in [9.17, 15) is 18.0 Å². The number of carbonyl (C=O) groups is 2. The molecular weight excluding hydrogens is 332 g/mol. The molecule has 7 nitrogen and oxygen atoms in total. The summed E-state index contributed by atoms with van der Waals surface area (Å²) in [4.78, 5) is 24.4. The highest BCUT2D eigenvalue weighted by atomic mass is 32.2. The van der Waals surface area contributed by atoms with Gasteiger partial charge in [0.05, 0.1) is 17.2 Å². The fourth-order valence-electron chi connectivity index (χ4n) is 2.13. The van der Waals surface area contributed by atoms with Crippen LogP contribution in [0.4, 0.5) is 5.69 Å². The molecule has 0 saturated heterocycles. The van der Waals surface area contributed by atoms with Crippen LogP contribution in [0.3, 0.4) is 0 Å². The van der Waals surface area contributed by atoms with Gasteiger partial charge in [-0.1, -0.05) is 0 Å². The molecule has 0 aliphatic carbocycles. The van der Waals surface area contributed by atoms with Crippen LogP contribution >= 0.6 is 0 Å². The molecule has 1 heterocycles. The zero-order valence-corrected chi connectivity index (χ0v) is 14.4. The Morgan fingerprint density at radius 1 is 1.17 bits per heavy atom. The minimum Gasteiger partial charge on any atom is -0.461 e. The number of amides is 1. The van der Waals surface area contributed by atoms with Crippen LogP contribution in [0.15, 0.2) is 41.4 Å². The normalized spacial score (nSPS) is 11.1. The van der Waals surface area contributed by atoms with Gasteiger partial charge in [0, 0.05) is 25.1 Å². The molecule has 0 atom stereocenters. The first-order valence-corrected chi connectivity index (χ1v) is 9.07. The van der Waals surface area contributed by atoms with Crippen molar-refractivity contribution in [3.63, 3.8) is 0 Å². The number of nitrogens with zero attached hydrogens (tertiary/aromatic N) is 1. The lowest BCUT2D eigenvalue weighted by molar-refractivity contribution is 0.0516. The van der Waals surface area contributed by atoms with Gasteiger partial charge >= 0.3 is 5.97 Å². The van der Waals surface area contributed by atoms with Gasteiger partial charge in [0.2, 0.25) is 0 Å². The lowest BCUT2D eigenvalue weighted by Gasteiger charge is -2.09. The van der Waals surface area contributed by atoms with E-state index in [1.54, 1.807) is 30.8 Å². The molecule has 1 aromatic heterocycles. The number of ether oxygens (including phenoxy) is 1. The Hall–Kier alpha value is -2.61. The second-order valence-electron chi connectivity index (χ2n) is 5.16. The van der Waals surface area contributed by atoms with E-state index in [0.29, 0.717) is 5.69 Å². The van der Waals surface area contributed by atoms with Crippen molar-refractivity contribution in [3.8, 4) is 0 Å². The maximum atomic E-state index is 12.3. The largest absolute Gasteiger partial charge is 0.461 e. The smallest absolute Gasteiger partial charge is 0.357 e. The van der Waals surface area contributed by atoms with Crippen molar-refractivity contribution in [2.75, 3.05) is 18.2 Å². The number of carbonyl (C=O) groups excluding carboxylic acids is 2. The van der Waals surface area contributed by atoms with Crippen molar-refractivity contribution in [1.29, 1.82) is 0 Å². The van der Waals surface area contributed by atoms with Gasteiger partial charge in [-0.3, -0.25) is 4.79 Å². The first kappa shape index (κ1) is 17.7. The average Bonchev–Trinajstić information content (AvgIpc) is 2.87. The molecule has 0 radical (unpaired) electrons. The predicted molar refractivity (Wildman–Crippen MR) is 88.9 cm³/mol. The number of rotatable bonds is 5. The number of hydrogen-bond acceptors (Lipinski definition) is 5. The molecule has 0 bridgehead atoms. The van der Waals surface area contributed by atoms with E-state index in [1.807, 2.05) is 0 Å². The summed E-state index contributed by atoms with van der Waals surface area (Å²) in [5.41, 5.74) is 0.840. The third kappa shape index (κ3) is 3.83. The van der Waals surface area contributed by atoms with Gasteiger partial charge in [0.25, 0.3) is 5.91 Å². The highest BCUT2D eigenvalue weighted by molar-refractivity contribution is 7.90. The van der Waals surface area contributed by atoms with Gasteiger partial charge in [0.1, 0.15) is 0 Å². The van der Waals surface area contributed by atoms with Gasteiger partial charge in [-0.25, -0.2) is 13.2 Å². The molecule has 1 N–H and O–H groups in total. The summed E-state index contributed by atoms with van der Waals surface area (Å²) in [6.45, 7) is 1.92. The fraction of sp³-hybridized carbons (Fsp3) is 0.250. The first-order chi connectivity index (χ1) is 11.2. The van der Waals surface area contributed by atoms with Crippen LogP contribution in [-0.2, 0) is 21.6 Å². The second kappa shape index (κ2) is 6.88. The molecule has 1 aromatic carbocycles. The molecule has 24 heavy (non-hydrogen) atoms. The summed E-state index contributed by atoms with van der Waals surface area (Å²) < 4.78 is 29.4. The Labute approximate surface area is 140 Å². The molecule has 0 aliphatic rings. The lowest BCUT2D eigenvalue weighted by atomic mass is 10.2. The van der Waals surface area contributed by atoms with Crippen LogP contribution in [0.1, 0.15) is 27.8 Å². The lowest BCUT2D eigenvalue weighted by Crippen LogP contribution is -2.17. The summed E-state index contributed by atoms with van der Waals surface area (Å²) in [6.07, 6.45) is 2.73. The van der Waals surface area contributed by atoms with Crippen molar-refractivity contribution in [2.45, 2.75) is 11.8 Å². The highest BCUT2D eigenvalue weighted by Gasteiger charge is 2.19. The van der Waals surface area contributed by atoms with Crippen molar-refractivity contribution in [2.24, 2.45) is 7.05 Å². The summed E-state index contributed by atoms with van der Waals surface area (Å²) in [5.74, 6) is -0.987. The molecule has 2 aromatic rings. The van der Waals surface area contributed by atoms with Crippen molar-refractivity contribution in [1.82, 2.24) is 4.57 Å². The third-order valence-corrected chi connectivity index (χ3v) is 4.46. The van der Waals surface area contributed by atoms with Gasteiger partial charge < -0.3 is 14.6 Å². The van der Waals surface area contributed by atoms with Crippen LogP contribution < -0.4 is 5.32 Å². The van der Waals surface area contributed by atoms with E-state index in [4.69, 9.17) is 4.74 Å². The number of sulfone groups is 1. The summed E-state index contributed by atoms with van der Waals surface area (Å²) in [6, 6.07) is 7.15. The molecule has 1 amide bonds. The zero-order valence-electron chi connectivity index (χ0n) is 13.6. The Morgan fingerprint density at radius 3 is 2.33 bits per heavy atom. The van der Waals surface area contributed by atoms with E-state index in [1.165, 1.54) is 24.3 Å². The summed E-state index contributed by atoms with van der Waals surface area (Å²) in [7, 11) is -1.65. The fourth-order valence-corrected chi connectivity index (χ4v) is 2.76. The third-order valence-electron chi connectivity index (χ3n) is 3.33. The molecule has 0 unspecified atom stereocenters. The molecule has 2 rings (SSSR count). The van der Waals surface area contributed by atoms with Gasteiger partial charge in [-0.05, 0) is 37.3 Å². The molecular formula is C16H18N2O5S. The monoisotopic (exact) mass is 350 g/mol. The zero-order chi connectivity index (χ0) is 17.9. The Bertz CT molecular complexity index is 866. The molecule has 0 aliphatic heterocycles. The Kier molecular flexibility index (Phi) is 5.08. The highest BCUT2D eigenvalue weighted by Crippen LogP contribution is 2.19. The molecule has 8 heteroatoms. The van der Waals surface area contributed by atoms with E-state index in [2.05, 4.69) is 5.32 Å². The number of anilines is 1. The molecule has 0 saturated carbocycles. The molecule has 0 spiro atoms. The van der Waals surface area contributed by atoms with E-state index in [0.717, 1.165) is 6.26 Å². The SMILES string of the molecule is CCOC(=O)c1c(NC(=O)c2ccc(S(C)(=O)=O)cc2)ccn1C. The van der Waals surface area contributed by atoms with Gasteiger partial charge in [-0.2, -0.15) is 0 Å². The van der Waals surface area contributed by atoms with Crippen LogP contribution in [0.2, 0.25) is 0 Å². The Balaban J connectivity index is 2.23. The second-order valence-corrected chi connectivity index (χ2v) is 7.18. The minimum absolute atomic E-state index is 0.131. The van der Waals surface area contributed by atoms with Crippen molar-refractivity contribution >= 4 is 27.4 Å². The Morgan fingerprint density at radius 2 is 1.79 bits per heavy atom. The maximum Gasteiger partial charge on any atom is 0.357 e. The van der Waals surface area contributed by atoms with Crippen molar-refractivity contribution < 1.29 is 22.7 Å². The standard InChI is InChI=1S/C16H18N2O5S/c1-4-23-16(20)14-13(9-10-18(14)2)17-15(19)11-5-7-12(8-6-11)24(3,21)22/h5-10H,4H2,1-3H3,(H,17,19). The minimum atomic E-state index is -3.32. The topological polar surface area (TPSA) is 94.5 Å². The van der Waals surface area contributed by atoms with Crippen molar-refractivity contribution in [3.05, 3.63) is 47.8 Å². The number of esters is 1. The van der Waals surface area contributed by atoms with E-state index in [-0.39, 0.29) is 22.8 Å². The van der Waals surface area contributed by atoms with E-state index < -0.39 is 21.7 Å². The molecule has 0 fully saturated rings. The first-order valence-electron chi connectivity index (χ1n) is 7.18. The number of aromatic nitrogens is 1. The predicted octanol–water partition coefficient (Wildman–Crippen LogP) is 1.86. The average molecular weight is 350 g/mol. The summed E-state index contributed by atoms with van der Waals surface area (Å²) in [5, 5.41) is 2.64. The maximum absolute atomic E-state index is 12.3. The number of aryl methyl sites for hydroxylation is 1. The van der Waals surface area contributed by atoms with Crippen LogP contribution in [0.5, 0.6) is 0 Å². The van der Waals surface area contributed by atoms with Crippen LogP contribution in [0, 0.1) is 0 Å². The number of nitrogens with one attached hydrogen (secondary N) is 1.